The van der Waals surface area contributed by atoms with E-state index >= 15 is 0 Å². The van der Waals surface area contributed by atoms with Gasteiger partial charge in [0.1, 0.15) is 0 Å². The van der Waals surface area contributed by atoms with E-state index in [1.165, 1.54) is 12.8 Å². The Bertz CT molecular complexity index is 337. The van der Waals surface area contributed by atoms with Crippen LogP contribution in [0.25, 0.3) is 0 Å². The quantitative estimate of drug-likeness (QED) is 0.745. The Morgan fingerprint density at radius 2 is 1.65 bits per heavy atom. The molecule has 0 atom stereocenters. The molecular formula is C11H18Cl2N4. The summed E-state index contributed by atoms with van der Waals surface area (Å²) in [7, 11) is 0. The molecule has 17 heavy (non-hydrogen) atoms. The van der Waals surface area contributed by atoms with Crippen LogP contribution in [0.1, 0.15) is 40.0 Å². The van der Waals surface area contributed by atoms with Crippen molar-refractivity contribution < 1.29 is 0 Å². The average Bonchev–Trinajstić information content (AvgIpc) is 2.22. The zero-order valence-electron chi connectivity index (χ0n) is 10.5. The maximum Gasteiger partial charge on any atom is 0.231 e. The highest BCUT2D eigenvalue weighted by molar-refractivity contribution is 6.31. The van der Waals surface area contributed by atoms with Crippen molar-refractivity contribution in [1.82, 2.24) is 15.0 Å². The molecule has 0 N–H and O–H groups in total. The number of nitrogens with zero attached hydrogens (tertiary/aromatic N) is 4. The topological polar surface area (TPSA) is 41.9 Å². The van der Waals surface area contributed by atoms with Gasteiger partial charge in [-0.25, -0.2) is 0 Å². The molecule has 1 aromatic rings. The summed E-state index contributed by atoms with van der Waals surface area (Å²) >= 11 is 11.6. The molecule has 0 radical (unpaired) electrons. The molecule has 0 saturated carbocycles. The van der Waals surface area contributed by atoms with E-state index in [1.807, 2.05) is 0 Å². The highest BCUT2D eigenvalue weighted by Gasteiger charge is 2.15. The number of aromatic nitrogens is 3. The third-order valence-corrected chi connectivity index (χ3v) is 2.79. The average molecular weight is 277 g/mol. The third-order valence-electron chi connectivity index (χ3n) is 2.45. The maximum absolute atomic E-state index is 5.79. The maximum atomic E-state index is 5.79. The Hall–Kier alpha value is -0.610. The summed E-state index contributed by atoms with van der Waals surface area (Å²) in [5.41, 5.74) is 0. The molecule has 0 unspecified atom stereocenters. The van der Waals surface area contributed by atoms with E-state index in [9.17, 15) is 0 Å². The molecule has 0 amide bonds. The second kappa shape index (κ2) is 6.97. The molecule has 0 spiro atoms. The number of anilines is 1. The van der Waals surface area contributed by atoms with Crippen molar-refractivity contribution in [2.24, 2.45) is 0 Å². The van der Waals surface area contributed by atoms with Crippen LogP contribution >= 0.6 is 23.2 Å². The number of hydrogen-bond donors (Lipinski definition) is 0. The molecule has 0 fully saturated rings. The lowest BCUT2D eigenvalue weighted by Gasteiger charge is -2.26. The zero-order chi connectivity index (χ0) is 12.8. The zero-order valence-corrected chi connectivity index (χ0v) is 12.0. The summed E-state index contributed by atoms with van der Waals surface area (Å²) < 4.78 is 0. The number of unbranched alkanes of at least 4 members (excludes halogenated alkanes) is 2. The first-order valence-corrected chi connectivity index (χ1v) is 6.64. The largest absolute Gasteiger partial charge is 0.338 e. The van der Waals surface area contributed by atoms with E-state index in [4.69, 9.17) is 23.2 Å². The lowest BCUT2D eigenvalue weighted by molar-refractivity contribution is 0.611. The van der Waals surface area contributed by atoms with Gasteiger partial charge < -0.3 is 4.90 Å². The molecule has 1 aromatic heterocycles. The van der Waals surface area contributed by atoms with Crippen LogP contribution in [0.2, 0.25) is 10.6 Å². The van der Waals surface area contributed by atoms with Crippen LogP contribution in [0.15, 0.2) is 0 Å². The third kappa shape index (κ3) is 4.64. The molecule has 0 bridgehead atoms. The van der Waals surface area contributed by atoms with Gasteiger partial charge in [0, 0.05) is 12.6 Å². The second-order valence-corrected chi connectivity index (χ2v) is 4.84. The SMILES string of the molecule is CCCCCN(c1nc(Cl)nc(Cl)n1)C(C)C. The fourth-order valence-corrected chi connectivity index (χ4v) is 1.92. The molecule has 6 heteroatoms. The Labute approximate surface area is 112 Å². The number of rotatable bonds is 6. The highest BCUT2D eigenvalue weighted by Crippen LogP contribution is 2.17. The first-order valence-electron chi connectivity index (χ1n) is 5.88. The van der Waals surface area contributed by atoms with Gasteiger partial charge in [-0.3, -0.25) is 0 Å². The predicted octanol–water partition coefficient (Wildman–Crippen LogP) is 3.58. The Morgan fingerprint density at radius 3 is 2.12 bits per heavy atom. The van der Waals surface area contributed by atoms with Crippen molar-refractivity contribution >= 4 is 29.2 Å². The summed E-state index contributed by atoms with van der Waals surface area (Å²) in [6.45, 7) is 7.27. The smallest absolute Gasteiger partial charge is 0.231 e. The lowest BCUT2D eigenvalue weighted by Crippen LogP contribution is -2.33. The predicted molar refractivity (Wildman–Crippen MR) is 71.9 cm³/mol. The van der Waals surface area contributed by atoms with Gasteiger partial charge in [0.25, 0.3) is 0 Å². The van der Waals surface area contributed by atoms with Crippen LogP contribution in [0.5, 0.6) is 0 Å². The van der Waals surface area contributed by atoms with E-state index in [-0.39, 0.29) is 10.6 Å². The van der Waals surface area contributed by atoms with Crippen LogP contribution < -0.4 is 4.90 Å². The van der Waals surface area contributed by atoms with E-state index in [0.717, 1.165) is 13.0 Å². The number of hydrogen-bond acceptors (Lipinski definition) is 4. The van der Waals surface area contributed by atoms with Gasteiger partial charge in [0.05, 0.1) is 0 Å². The van der Waals surface area contributed by atoms with Crippen molar-refractivity contribution in [3.63, 3.8) is 0 Å². The van der Waals surface area contributed by atoms with Gasteiger partial charge in [0.2, 0.25) is 16.5 Å². The Morgan fingerprint density at radius 1 is 1.06 bits per heavy atom. The first kappa shape index (κ1) is 14.5. The highest BCUT2D eigenvalue weighted by atomic mass is 35.5. The molecule has 1 heterocycles. The van der Waals surface area contributed by atoms with E-state index in [2.05, 4.69) is 40.6 Å². The monoisotopic (exact) mass is 276 g/mol. The van der Waals surface area contributed by atoms with Crippen LogP contribution in [0.3, 0.4) is 0 Å². The summed E-state index contributed by atoms with van der Waals surface area (Å²) in [6, 6.07) is 0.307. The van der Waals surface area contributed by atoms with Crippen molar-refractivity contribution in [2.45, 2.75) is 46.1 Å². The molecule has 4 nitrogen and oxygen atoms in total. The Balaban J connectivity index is 2.81. The minimum Gasteiger partial charge on any atom is -0.338 e. The van der Waals surface area contributed by atoms with Gasteiger partial charge in [-0.2, -0.15) is 15.0 Å². The van der Waals surface area contributed by atoms with Gasteiger partial charge in [-0.1, -0.05) is 19.8 Å². The van der Waals surface area contributed by atoms with E-state index in [0.29, 0.717) is 12.0 Å². The molecular weight excluding hydrogens is 259 g/mol. The van der Waals surface area contributed by atoms with Crippen LogP contribution in [0.4, 0.5) is 5.95 Å². The summed E-state index contributed by atoms with van der Waals surface area (Å²) in [4.78, 5) is 14.1. The van der Waals surface area contributed by atoms with Crippen molar-refractivity contribution in [2.75, 3.05) is 11.4 Å². The molecule has 0 aromatic carbocycles. The summed E-state index contributed by atoms with van der Waals surface area (Å²) in [5, 5.41) is 0.280. The van der Waals surface area contributed by atoms with E-state index < -0.39 is 0 Å². The van der Waals surface area contributed by atoms with Crippen LogP contribution in [-0.4, -0.2) is 27.5 Å². The molecule has 96 valence electrons. The molecule has 0 saturated heterocycles. The van der Waals surface area contributed by atoms with Crippen molar-refractivity contribution in [1.29, 1.82) is 0 Å². The van der Waals surface area contributed by atoms with Crippen molar-refractivity contribution in [3.05, 3.63) is 10.6 Å². The van der Waals surface area contributed by atoms with Crippen molar-refractivity contribution in [3.8, 4) is 0 Å². The van der Waals surface area contributed by atoms with Gasteiger partial charge in [-0.05, 0) is 43.5 Å². The number of halogens is 2. The summed E-state index contributed by atoms with van der Waals surface area (Å²) in [6.07, 6.45) is 3.48. The minimum atomic E-state index is 0.140. The van der Waals surface area contributed by atoms with Crippen LogP contribution in [0, 0.1) is 0 Å². The first-order chi connectivity index (χ1) is 8.04. The lowest BCUT2D eigenvalue weighted by atomic mass is 10.2. The van der Waals surface area contributed by atoms with E-state index in [1.54, 1.807) is 0 Å². The fourth-order valence-electron chi connectivity index (χ4n) is 1.57. The Kier molecular flexibility index (Phi) is 5.92. The van der Waals surface area contributed by atoms with Crippen LogP contribution in [-0.2, 0) is 0 Å². The molecule has 1 rings (SSSR count). The van der Waals surface area contributed by atoms with Gasteiger partial charge >= 0.3 is 0 Å². The normalized spacial score (nSPS) is 10.9. The summed E-state index contributed by atoms with van der Waals surface area (Å²) in [5.74, 6) is 0.557. The molecule has 0 aliphatic carbocycles. The van der Waals surface area contributed by atoms with Gasteiger partial charge in [0.15, 0.2) is 0 Å². The van der Waals surface area contributed by atoms with Gasteiger partial charge in [-0.15, -0.1) is 0 Å². The standard InChI is InChI=1S/C11H18Cl2N4/c1-4-5-6-7-17(8(2)3)11-15-9(12)14-10(13)16-11/h8H,4-7H2,1-3H3. The minimum absolute atomic E-state index is 0.140. The molecule has 0 aliphatic rings. The fraction of sp³-hybridized carbons (Fsp3) is 0.727. The second-order valence-electron chi connectivity index (χ2n) is 4.17. The molecule has 0 aliphatic heterocycles.